The SMILES string of the molecule is Cc1c(CN[C@H]2CC(C)(C)C[C@H]2C)cnn1C. The summed E-state index contributed by atoms with van der Waals surface area (Å²) in [6.07, 6.45) is 4.59. The van der Waals surface area contributed by atoms with E-state index in [2.05, 4.69) is 38.1 Å². The van der Waals surface area contributed by atoms with Crippen LogP contribution in [0.5, 0.6) is 0 Å². The van der Waals surface area contributed by atoms with Gasteiger partial charge in [0.25, 0.3) is 0 Å². The van der Waals surface area contributed by atoms with Gasteiger partial charge in [0.2, 0.25) is 0 Å². The van der Waals surface area contributed by atoms with Crippen molar-refractivity contribution >= 4 is 0 Å². The van der Waals surface area contributed by atoms with Gasteiger partial charge < -0.3 is 5.32 Å². The van der Waals surface area contributed by atoms with Crippen molar-refractivity contribution in [1.29, 1.82) is 0 Å². The molecule has 0 spiro atoms. The average Bonchev–Trinajstić information content (AvgIpc) is 2.67. The highest BCUT2D eigenvalue weighted by molar-refractivity contribution is 5.15. The zero-order chi connectivity index (χ0) is 12.6. The van der Waals surface area contributed by atoms with E-state index in [9.17, 15) is 0 Å². The van der Waals surface area contributed by atoms with Crippen LogP contribution >= 0.6 is 0 Å². The van der Waals surface area contributed by atoms with E-state index in [-0.39, 0.29) is 0 Å². The summed E-state index contributed by atoms with van der Waals surface area (Å²) < 4.78 is 1.94. The Balaban J connectivity index is 1.93. The normalized spacial score (nSPS) is 27.6. The molecule has 0 bridgehead atoms. The first kappa shape index (κ1) is 12.6. The van der Waals surface area contributed by atoms with Crippen LogP contribution in [0.1, 0.15) is 44.9 Å². The molecule has 0 amide bonds. The molecule has 17 heavy (non-hydrogen) atoms. The summed E-state index contributed by atoms with van der Waals surface area (Å²) in [6.45, 7) is 10.2. The van der Waals surface area contributed by atoms with E-state index in [1.807, 2.05) is 17.9 Å². The van der Waals surface area contributed by atoms with Crippen LogP contribution in [0.4, 0.5) is 0 Å². The molecule has 0 saturated heterocycles. The van der Waals surface area contributed by atoms with Gasteiger partial charge >= 0.3 is 0 Å². The van der Waals surface area contributed by atoms with Crippen LogP contribution in [-0.4, -0.2) is 15.8 Å². The molecule has 0 radical (unpaired) electrons. The standard InChI is InChI=1S/C14H25N3/c1-10-6-14(3,4)7-13(10)15-8-12-9-16-17(5)11(12)2/h9-10,13,15H,6-8H2,1-5H3/t10-,13+/m1/s1. The topological polar surface area (TPSA) is 29.9 Å². The molecule has 1 aliphatic carbocycles. The van der Waals surface area contributed by atoms with Gasteiger partial charge in [-0.2, -0.15) is 5.10 Å². The minimum atomic E-state index is 0.501. The van der Waals surface area contributed by atoms with Gasteiger partial charge in [0.05, 0.1) is 6.20 Å². The molecule has 0 aromatic carbocycles. The fraction of sp³-hybridized carbons (Fsp3) is 0.786. The maximum Gasteiger partial charge on any atom is 0.0537 e. The van der Waals surface area contributed by atoms with Crippen molar-refractivity contribution in [2.75, 3.05) is 0 Å². The minimum absolute atomic E-state index is 0.501. The van der Waals surface area contributed by atoms with Crippen molar-refractivity contribution < 1.29 is 0 Å². The molecule has 1 heterocycles. The molecule has 2 atom stereocenters. The van der Waals surface area contributed by atoms with E-state index in [1.54, 1.807) is 0 Å². The maximum atomic E-state index is 4.29. The Labute approximate surface area is 105 Å². The zero-order valence-electron chi connectivity index (χ0n) is 11.7. The van der Waals surface area contributed by atoms with E-state index in [4.69, 9.17) is 0 Å². The molecule has 3 nitrogen and oxygen atoms in total. The Hall–Kier alpha value is -0.830. The van der Waals surface area contributed by atoms with Gasteiger partial charge in [-0.25, -0.2) is 0 Å². The molecule has 0 unspecified atom stereocenters. The highest BCUT2D eigenvalue weighted by atomic mass is 15.3. The minimum Gasteiger partial charge on any atom is -0.310 e. The second-order valence-electron chi connectivity index (χ2n) is 6.42. The van der Waals surface area contributed by atoms with Crippen molar-refractivity contribution in [1.82, 2.24) is 15.1 Å². The lowest BCUT2D eigenvalue weighted by Gasteiger charge is -2.18. The van der Waals surface area contributed by atoms with E-state index in [1.165, 1.54) is 24.1 Å². The fourth-order valence-electron chi connectivity index (χ4n) is 3.13. The Bertz CT molecular complexity index is 392. The number of aromatic nitrogens is 2. The lowest BCUT2D eigenvalue weighted by molar-refractivity contribution is 0.362. The van der Waals surface area contributed by atoms with Gasteiger partial charge in [-0.3, -0.25) is 4.68 Å². The summed E-state index contributed by atoms with van der Waals surface area (Å²) in [4.78, 5) is 0. The van der Waals surface area contributed by atoms with Gasteiger partial charge in [-0.1, -0.05) is 20.8 Å². The summed E-state index contributed by atoms with van der Waals surface area (Å²) >= 11 is 0. The number of aryl methyl sites for hydroxylation is 1. The predicted molar refractivity (Wildman–Crippen MR) is 70.8 cm³/mol. The molecule has 2 rings (SSSR count). The molecular weight excluding hydrogens is 210 g/mol. The molecule has 3 heteroatoms. The Morgan fingerprint density at radius 2 is 2.18 bits per heavy atom. The first-order valence-corrected chi connectivity index (χ1v) is 6.60. The summed E-state index contributed by atoms with van der Waals surface area (Å²) in [5.74, 6) is 0.780. The van der Waals surface area contributed by atoms with Gasteiger partial charge in [0, 0.05) is 30.9 Å². The molecule has 1 saturated carbocycles. The number of hydrogen-bond donors (Lipinski definition) is 1. The molecule has 1 fully saturated rings. The molecular formula is C14H25N3. The third kappa shape index (κ3) is 2.71. The molecule has 1 aromatic heterocycles. The van der Waals surface area contributed by atoms with E-state index in [0.29, 0.717) is 11.5 Å². The fourth-order valence-corrected chi connectivity index (χ4v) is 3.13. The Kier molecular flexibility index (Phi) is 3.30. The molecule has 1 aromatic rings. The average molecular weight is 235 g/mol. The van der Waals surface area contributed by atoms with Crippen LogP contribution in [0.25, 0.3) is 0 Å². The monoisotopic (exact) mass is 235 g/mol. The maximum absolute atomic E-state index is 4.29. The van der Waals surface area contributed by atoms with Gasteiger partial charge in [0.15, 0.2) is 0 Å². The lowest BCUT2D eigenvalue weighted by Crippen LogP contribution is -2.31. The second kappa shape index (κ2) is 4.45. The van der Waals surface area contributed by atoms with Gasteiger partial charge in [-0.15, -0.1) is 0 Å². The largest absolute Gasteiger partial charge is 0.310 e. The van der Waals surface area contributed by atoms with Crippen LogP contribution in [0.2, 0.25) is 0 Å². The highest BCUT2D eigenvalue weighted by Crippen LogP contribution is 2.40. The molecule has 0 aliphatic heterocycles. The van der Waals surface area contributed by atoms with Crippen LogP contribution < -0.4 is 5.32 Å². The van der Waals surface area contributed by atoms with Crippen molar-refractivity contribution in [2.24, 2.45) is 18.4 Å². The van der Waals surface area contributed by atoms with Crippen LogP contribution in [0.3, 0.4) is 0 Å². The summed E-state index contributed by atoms with van der Waals surface area (Å²) in [5.41, 5.74) is 3.09. The van der Waals surface area contributed by atoms with Crippen LogP contribution in [0.15, 0.2) is 6.20 Å². The van der Waals surface area contributed by atoms with Crippen molar-refractivity contribution in [3.63, 3.8) is 0 Å². The van der Waals surface area contributed by atoms with Crippen LogP contribution in [-0.2, 0) is 13.6 Å². The Morgan fingerprint density at radius 3 is 2.65 bits per heavy atom. The van der Waals surface area contributed by atoms with Crippen LogP contribution in [0, 0.1) is 18.3 Å². The van der Waals surface area contributed by atoms with E-state index >= 15 is 0 Å². The summed E-state index contributed by atoms with van der Waals surface area (Å²) in [7, 11) is 2.00. The Morgan fingerprint density at radius 1 is 1.47 bits per heavy atom. The highest BCUT2D eigenvalue weighted by Gasteiger charge is 2.36. The van der Waals surface area contributed by atoms with Crippen molar-refractivity contribution in [3.8, 4) is 0 Å². The smallest absolute Gasteiger partial charge is 0.0537 e. The van der Waals surface area contributed by atoms with Gasteiger partial charge in [-0.05, 0) is 31.1 Å². The summed E-state index contributed by atoms with van der Waals surface area (Å²) in [5, 5.41) is 7.99. The third-order valence-corrected chi connectivity index (χ3v) is 4.23. The first-order valence-electron chi connectivity index (χ1n) is 6.60. The quantitative estimate of drug-likeness (QED) is 0.873. The first-order chi connectivity index (χ1) is 7.89. The third-order valence-electron chi connectivity index (χ3n) is 4.23. The van der Waals surface area contributed by atoms with Crippen molar-refractivity contribution in [2.45, 2.75) is 53.1 Å². The number of rotatable bonds is 3. The molecule has 1 N–H and O–H groups in total. The number of nitrogens with one attached hydrogen (secondary N) is 1. The number of hydrogen-bond acceptors (Lipinski definition) is 2. The lowest BCUT2D eigenvalue weighted by atomic mass is 9.91. The number of nitrogens with zero attached hydrogens (tertiary/aromatic N) is 2. The van der Waals surface area contributed by atoms with Crippen molar-refractivity contribution in [3.05, 3.63) is 17.5 Å². The van der Waals surface area contributed by atoms with E-state index in [0.717, 1.165) is 12.5 Å². The summed E-state index contributed by atoms with van der Waals surface area (Å²) in [6, 6.07) is 0.657. The van der Waals surface area contributed by atoms with Gasteiger partial charge in [0.1, 0.15) is 0 Å². The zero-order valence-corrected chi connectivity index (χ0v) is 11.7. The second-order valence-corrected chi connectivity index (χ2v) is 6.42. The van der Waals surface area contributed by atoms with E-state index < -0.39 is 0 Å². The molecule has 96 valence electrons. The predicted octanol–water partition coefficient (Wildman–Crippen LogP) is 2.64. The molecule has 1 aliphatic rings.